The van der Waals surface area contributed by atoms with Gasteiger partial charge in [0.2, 0.25) is 11.9 Å². The van der Waals surface area contributed by atoms with Gasteiger partial charge >= 0.3 is 0 Å². The van der Waals surface area contributed by atoms with Crippen molar-refractivity contribution in [3.8, 4) is 0 Å². The summed E-state index contributed by atoms with van der Waals surface area (Å²) in [5.74, 6) is 1.41. The second-order valence-corrected chi connectivity index (χ2v) is 7.10. The molecule has 0 amide bonds. The Labute approximate surface area is 151 Å². The Morgan fingerprint density at radius 1 is 1.24 bits per heavy atom. The molecule has 2 N–H and O–H groups in total. The minimum atomic E-state index is -0.0237. The van der Waals surface area contributed by atoms with Crippen molar-refractivity contribution in [3.05, 3.63) is 42.7 Å². The number of rotatable bonds is 6. The molecule has 2 heterocycles. The zero-order valence-electron chi connectivity index (χ0n) is 14.5. The van der Waals surface area contributed by atoms with Gasteiger partial charge in [-0.15, -0.1) is 6.58 Å². The van der Waals surface area contributed by atoms with Crippen LogP contribution in [0.15, 0.2) is 42.1 Å². The van der Waals surface area contributed by atoms with Crippen LogP contribution in [-0.4, -0.2) is 38.6 Å². The number of hydrogen-bond donors (Lipinski definition) is 1. The Kier molecular flexibility index (Phi) is 4.89. The molecule has 25 heavy (non-hydrogen) atoms. The number of imidazole rings is 1. The van der Waals surface area contributed by atoms with E-state index in [9.17, 15) is 0 Å². The topological polar surface area (TPSA) is 85.8 Å². The zero-order valence-corrected chi connectivity index (χ0v) is 15.4. The largest absolute Gasteiger partial charge is 0.368 e. The molecule has 0 aliphatic heterocycles. The number of nitrogens with zero attached hydrogens (tertiary/aromatic N) is 6. The quantitative estimate of drug-likeness (QED) is 0.537. The Morgan fingerprint density at radius 2 is 2.00 bits per heavy atom. The number of benzene rings is 1. The smallest absolute Gasteiger partial charge is 0.229 e. The minimum Gasteiger partial charge on any atom is -0.368 e. The lowest BCUT2D eigenvalue weighted by Crippen LogP contribution is -2.16. The van der Waals surface area contributed by atoms with Crippen LogP contribution in [0.3, 0.4) is 0 Å². The first-order valence-corrected chi connectivity index (χ1v) is 8.79. The van der Waals surface area contributed by atoms with E-state index in [1.165, 1.54) is 0 Å². The second kappa shape index (κ2) is 7.10. The molecule has 0 saturated heterocycles. The maximum atomic E-state index is 5.84. The number of anilines is 2. The van der Waals surface area contributed by atoms with Gasteiger partial charge in [0.15, 0.2) is 5.16 Å². The minimum absolute atomic E-state index is 0.0237. The molecule has 0 aliphatic rings. The summed E-state index contributed by atoms with van der Waals surface area (Å²) in [5, 5.41) is 0.878. The SMILES string of the molecule is C=CCn1c(SC(C)c2nc(N)nc(N(C)C)n2)nc2ccccc21. The number of aromatic nitrogens is 5. The lowest BCUT2D eigenvalue weighted by Gasteiger charge is -2.15. The van der Waals surface area contributed by atoms with Gasteiger partial charge in [-0.25, -0.2) is 4.98 Å². The summed E-state index contributed by atoms with van der Waals surface area (Å²) < 4.78 is 2.14. The highest BCUT2D eigenvalue weighted by Gasteiger charge is 2.18. The van der Waals surface area contributed by atoms with E-state index in [4.69, 9.17) is 10.7 Å². The van der Waals surface area contributed by atoms with E-state index in [1.807, 2.05) is 50.2 Å². The molecule has 1 atom stereocenters. The van der Waals surface area contributed by atoms with Crippen LogP contribution in [0.5, 0.6) is 0 Å². The second-order valence-electron chi connectivity index (χ2n) is 5.79. The molecule has 1 aromatic carbocycles. The van der Waals surface area contributed by atoms with Crippen molar-refractivity contribution in [2.45, 2.75) is 23.9 Å². The highest BCUT2D eigenvalue weighted by atomic mass is 32.2. The molecule has 3 aromatic rings. The van der Waals surface area contributed by atoms with Crippen LogP contribution in [0, 0.1) is 0 Å². The molecule has 130 valence electrons. The van der Waals surface area contributed by atoms with Gasteiger partial charge in [-0.05, 0) is 19.1 Å². The predicted octanol–water partition coefficient (Wildman–Crippen LogP) is 2.91. The maximum absolute atomic E-state index is 5.84. The summed E-state index contributed by atoms with van der Waals surface area (Å²) in [7, 11) is 3.75. The molecule has 0 spiro atoms. The normalized spacial score (nSPS) is 12.3. The van der Waals surface area contributed by atoms with Gasteiger partial charge in [0, 0.05) is 20.6 Å². The summed E-state index contributed by atoms with van der Waals surface area (Å²) in [6.45, 7) is 6.58. The van der Waals surface area contributed by atoms with Gasteiger partial charge in [0.1, 0.15) is 5.82 Å². The monoisotopic (exact) mass is 355 g/mol. The highest BCUT2D eigenvalue weighted by Crippen LogP contribution is 2.35. The van der Waals surface area contributed by atoms with Crippen molar-refractivity contribution in [3.63, 3.8) is 0 Å². The first-order chi connectivity index (χ1) is 12.0. The number of para-hydroxylation sites is 2. The standard InChI is InChI=1S/C17H21N7S/c1-5-10-24-13-9-7-6-8-12(13)19-17(24)25-11(2)14-20-15(18)22-16(21-14)23(3)4/h5-9,11H,1,10H2,2-4H3,(H2,18,20,21,22). The van der Waals surface area contributed by atoms with Gasteiger partial charge in [0.25, 0.3) is 0 Å². The van der Waals surface area contributed by atoms with E-state index in [1.54, 1.807) is 11.8 Å². The van der Waals surface area contributed by atoms with Crippen LogP contribution in [0.1, 0.15) is 18.0 Å². The van der Waals surface area contributed by atoms with Crippen molar-refractivity contribution < 1.29 is 0 Å². The molecular weight excluding hydrogens is 334 g/mol. The van der Waals surface area contributed by atoms with E-state index >= 15 is 0 Å². The van der Waals surface area contributed by atoms with Gasteiger partial charge in [-0.1, -0.05) is 30.0 Å². The summed E-state index contributed by atoms with van der Waals surface area (Å²) in [6, 6.07) is 8.07. The fourth-order valence-electron chi connectivity index (χ4n) is 2.44. The number of nitrogens with two attached hydrogens (primary N) is 1. The van der Waals surface area contributed by atoms with E-state index in [0.29, 0.717) is 18.3 Å². The maximum Gasteiger partial charge on any atom is 0.229 e. The number of nitrogen functional groups attached to an aromatic ring is 1. The number of fused-ring (bicyclic) bond motifs is 1. The molecule has 0 fully saturated rings. The van der Waals surface area contributed by atoms with Crippen LogP contribution in [0.25, 0.3) is 11.0 Å². The van der Waals surface area contributed by atoms with Crippen molar-refractivity contribution in [1.82, 2.24) is 24.5 Å². The van der Waals surface area contributed by atoms with Crippen LogP contribution >= 0.6 is 11.8 Å². The average Bonchev–Trinajstić information content (AvgIpc) is 2.92. The molecule has 3 rings (SSSR count). The van der Waals surface area contributed by atoms with Crippen LogP contribution in [0.2, 0.25) is 0 Å². The summed E-state index contributed by atoms with van der Waals surface area (Å²) >= 11 is 1.60. The van der Waals surface area contributed by atoms with Crippen molar-refractivity contribution in [1.29, 1.82) is 0 Å². The zero-order chi connectivity index (χ0) is 18.0. The third kappa shape index (κ3) is 3.58. The molecule has 0 radical (unpaired) electrons. The van der Waals surface area contributed by atoms with Crippen LogP contribution in [0.4, 0.5) is 11.9 Å². The van der Waals surface area contributed by atoms with Gasteiger partial charge in [-0.2, -0.15) is 15.0 Å². The fourth-order valence-corrected chi connectivity index (χ4v) is 3.42. The Hall–Kier alpha value is -2.61. The lowest BCUT2D eigenvalue weighted by molar-refractivity contribution is 0.743. The molecule has 7 nitrogen and oxygen atoms in total. The summed E-state index contributed by atoms with van der Waals surface area (Å²) in [5.41, 5.74) is 7.88. The Balaban J connectivity index is 1.95. The molecule has 2 aromatic heterocycles. The molecular formula is C17H21N7S. The van der Waals surface area contributed by atoms with Crippen molar-refractivity contribution in [2.75, 3.05) is 24.7 Å². The van der Waals surface area contributed by atoms with E-state index < -0.39 is 0 Å². The fraction of sp³-hybridized carbons (Fsp3) is 0.294. The van der Waals surface area contributed by atoms with E-state index in [-0.39, 0.29) is 11.2 Å². The van der Waals surface area contributed by atoms with E-state index in [2.05, 4.69) is 32.2 Å². The molecule has 0 saturated carbocycles. The van der Waals surface area contributed by atoms with Gasteiger partial charge < -0.3 is 15.2 Å². The first kappa shape index (κ1) is 17.2. The average molecular weight is 355 g/mol. The number of thioether (sulfide) groups is 1. The number of allylic oxidation sites excluding steroid dienone is 1. The number of hydrogen-bond acceptors (Lipinski definition) is 7. The molecule has 0 aliphatic carbocycles. The molecule has 8 heteroatoms. The summed E-state index contributed by atoms with van der Waals surface area (Å²) in [6.07, 6.45) is 1.87. The lowest BCUT2D eigenvalue weighted by atomic mass is 10.3. The third-order valence-corrected chi connectivity index (χ3v) is 4.72. The summed E-state index contributed by atoms with van der Waals surface area (Å²) in [4.78, 5) is 19.5. The molecule has 1 unspecified atom stereocenters. The predicted molar refractivity (Wildman–Crippen MR) is 103 cm³/mol. The Bertz CT molecular complexity index is 903. The first-order valence-electron chi connectivity index (χ1n) is 7.91. The van der Waals surface area contributed by atoms with Crippen molar-refractivity contribution in [2.24, 2.45) is 0 Å². The highest BCUT2D eigenvalue weighted by molar-refractivity contribution is 7.99. The third-order valence-electron chi connectivity index (χ3n) is 3.64. The van der Waals surface area contributed by atoms with Crippen LogP contribution < -0.4 is 10.6 Å². The van der Waals surface area contributed by atoms with Crippen LogP contribution in [-0.2, 0) is 6.54 Å². The van der Waals surface area contributed by atoms with Gasteiger partial charge in [-0.3, -0.25) is 0 Å². The van der Waals surface area contributed by atoms with Gasteiger partial charge in [0.05, 0.1) is 16.3 Å². The Morgan fingerprint density at radius 3 is 2.72 bits per heavy atom. The molecule has 0 bridgehead atoms. The van der Waals surface area contributed by atoms with E-state index in [0.717, 1.165) is 16.2 Å². The van der Waals surface area contributed by atoms with Crippen molar-refractivity contribution >= 4 is 34.7 Å².